The number of hydrogen-bond acceptors (Lipinski definition) is 3. The SMILES string of the molecule is CCC(=O)C1CCCCN1C(=O)c1ccn2ccnc2c1. The Morgan fingerprint density at radius 3 is 3.00 bits per heavy atom. The summed E-state index contributed by atoms with van der Waals surface area (Å²) < 4.78 is 1.86. The Hall–Kier alpha value is -2.17. The number of amides is 1. The first-order valence-corrected chi connectivity index (χ1v) is 7.47. The number of aromatic nitrogens is 2. The summed E-state index contributed by atoms with van der Waals surface area (Å²) in [6.07, 6.45) is 8.61. The monoisotopic (exact) mass is 285 g/mol. The van der Waals surface area contributed by atoms with Gasteiger partial charge in [0.1, 0.15) is 5.65 Å². The van der Waals surface area contributed by atoms with Gasteiger partial charge in [0.2, 0.25) is 0 Å². The van der Waals surface area contributed by atoms with Gasteiger partial charge in [0.15, 0.2) is 5.78 Å². The standard InChI is InChI=1S/C16H19N3O2/c1-2-14(20)13-5-3-4-8-19(13)16(21)12-6-9-18-10-7-17-15(18)11-12/h6-7,9-11,13H,2-5,8H2,1H3. The van der Waals surface area contributed by atoms with E-state index in [0.29, 0.717) is 18.5 Å². The quantitative estimate of drug-likeness (QED) is 0.869. The highest BCUT2D eigenvalue weighted by Crippen LogP contribution is 2.21. The van der Waals surface area contributed by atoms with Crippen LogP contribution in [-0.4, -0.2) is 38.6 Å². The summed E-state index contributed by atoms with van der Waals surface area (Å²) in [5.74, 6) is 0.0944. The predicted octanol–water partition coefficient (Wildman–Crippen LogP) is 2.31. The summed E-state index contributed by atoms with van der Waals surface area (Å²) in [6, 6.07) is 3.32. The fourth-order valence-electron chi connectivity index (χ4n) is 2.95. The van der Waals surface area contributed by atoms with E-state index in [0.717, 1.165) is 24.9 Å². The zero-order valence-corrected chi connectivity index (χ0v) is 12.2. The van der Waals surface area contributed by atoms with Gasteiger partial charge in [0.25, 0.3) is 5.91 Å². The number of likely N-dealkylation sites (tertiary alicyclic amines) is 1. The Morgan fingerprint density at radius 1 is 1.33 bits per heavy atom. The summed E-state index contributed by atoms with van der Waals surface area (Å²) in [6.45, 7) is 2.52. The molecule has 2 aromatic rings. The Kier molecular flexibility index (Phi) is 3.73. The number of hydrogen-bond donors (Lipinski definition) is 0. The highest BCUT2D eigenvalue weighted by atomic mass is 16.2. The number of carbonyl (C=O) groups is 2. The summed E-state index contributed by atoms with van der Waals surface area (Å²) in [5.41, 5.74) is 1.35. The van der Waals surface area contributed by atoms with E-state index in [2.05, 4.69) is 4.98 Å². The lowest BCUT2D eigenvalue weighted by Crippen LogP contribution is -2.47. The van der Waals surface area contributed by atoms with E-state index in [1.54, 1.807) is 23.2 Å². The van der Waals surface area contributed by atoms with Crippen LogP contribution in [-0.2, 0) is 4.79 Å². The van der Waals surface area contributed by atoms with Gasteiger partial charge in [0, 0.05) is 37.1 Å². The van der Waals surface area contributed by atoms with Gasteiger partial charge in [-0.3, -0.25) is 9.59 Å². The zero-order valence-electron chi connectivity index (χ0n) is 12.2. The second-order valence-electron chi connectivity index (χ2n) is 5.44. The Morgan fingerprint density at radius 2 is 2.19 bits per heavy atom. The molecule has 1 saturated heterocycles. The third-order valence-electron chi connectivity index (χ3n) is 4.13. The molecule has 1 aliphatic heterocycles. The lowest BCUT2D eigenvalue weighted by Gasteiger charge is -2.34. The summed E-state index contributed by atoms with van der Waals surface area (Å²) >= 11 is 0. The predicted molar refractivity (Wildman–Crippen MR) is 79.2 cm³/mol. The third-order valence-corrected chi connectivity index (χ3v) is 4.13. The summed E-state index contributed by atoms with van der Waals surface area (Å²) in [7, 11) is 0. The number of nitrogens with zero attached hydrogens (tertiary/aromatic N) is 3. The molecular formula is C16H19N3O2. The van der Waals surface area contributed by atoms with Gasteiger partial charge in [-0.25, -0.2) is 4.98 Å². The molecular weight excluding hydrogens is 266 g/mol. The smallest absolute Gasteiger partial charge is 0.254 e. The van der Waals surface area contributed by atoms with E-state index >= 15 is 0 Å². The largest absolute Gasteiger partial charge is 0.329 e. The molecule has 1 fully saturated rings. The van der Waals surface area contributed by atoms with Crippen molar-refractivity contribution in [1.29, 1.82) is 0 Å². The van der Waals surface area contributed by atoms with Crippen molar-refractivity contribution < 1.29 is 9.59 Å². The maximum absolute atomic E-state index is 12.7. The van der Waals surface area contributed by atoms with Crippen molar-refractivity contribution >= 4 is 17.3 Å². The Bertz CT molecular complexity index is 677. The number of ketones is 1. The van der Waals surface area contributed by atoms with Crippen molar-refractivity contribution in [2.75, 3.05) is 6.54 Å². The Labute approximate surface area is 123 Å². The van der Waals surface area contributed by atoms with Gasteiger partial charge in [0.05, 0.1) is 6.04 Å². The molecule has 0 aliphatic carbocycles. The van der Waals surface area contributed by atoms with Gasteiger partial charge in [-0.1, -0.05) is 6.92 Å². The van der Waals surface area contributed by atoms with Crippen molar-refractivity contribution in [3.63, 3.8) is 0 Å². The van der Waals surface area contributed by atoms with Gasteiger partial charge < -0.3 is 9.30 Å². The van der Waals surface area contributed by atoms with Gasteiger partial charge in [-0.2, -0.15) is 0 Å². The molecule has 21 heavy (non-hydrogen) atoms. The fourth-order valence-corrected chi connectivity index (χ4v) is 2.95. The van der Waals surface area contributed by atoms with Gasteiger partial charge >= 0.3 is 0 Å². The molecule has 0 bridgehead atoms. The second kappa shape index (κ2) is 5.68. The summed E-state index contributed by atoms with van der Waals surface area (Å²) in [5, 5.41) is 0. The maximum atomic E-state index is 12.7. The van der Waals surface area contributed by atoms with Gasteiger partial charge in [-0.05, 0) is 31.4 Å². The lowest BCUT2D eigenvalue weighted by molar-refractivity contribution is -0.124. The molecule has 3 heterocycles. The molecule has 3 rings (SSSR count). The van der Waals surface area contributed by atoms with Crippen LogP contribution in [0, 0.1) is 0 Å². The first-order valence-electron chi connectivity index (χ1n) is 7.47. The second-order valence-corrected chi connectivity index (χ2v) is 5.44. The highest BCUT2D eigenvalue weighted by molar-refractivity contribution is 5.98. The molecule has 1 amide bonds. The van der Waals surface area contributed by atoms with Crippen LogP contribution in [0.3, 0.4) is 0 Å². The molecule has 0 radical (unpaired) electrons. The minimum atomic E-state index is -0.257. The molecule has 0 aromatic carbocycles. The molecule has 2 aromatic heterocycles. The van der Waals surface area contributed by atoms with Crippen LogP contribution in [0.15, 0.2) is 30.7 Å². The van der Waals surface area contributed by atoms with Crippen LogP contribution < -0.4 is 0 Å². The minimum Gasteiger partial charge on any atom is -0.329 e. The number of pyridine rings is 1. The number of fused-ring (bicyclic) bond motifs is 1. The van der Waals surface area contributed by atoms with Crippen LogP contribution in [0.1, 0.15) is 43.0 Å². The molecule has 0 N–H and O–H groups in total. The van der Waals surface area contributed by atoms with Crippen molar-refractivity contribution in [1.82, 2.24) is 14.3 Å². The molecule has 0 saturated carbocycles. The first kappa shape index (κ1) is 13.8. The van der Waals surface area contributed by atoms with E-state index in [9.17, 15) is 9.59 Å². The molecule has 1 atom stereocenters. The average Bonchev–Trinajstić information content (AvgIpc) is 3.01. The Balaban J connectivity index is 1.89. The number of rotatable bonds is 3. The topological polar surface area (TPSA) is 54.7 Å². The van der Waals surface area contributed by atoms with E-state index in [1.807, 2.05) is 23.7 Å². The number of imidazole rings is 1. The van der Waals surface area contributed by atoms with Gasteiger partial charge in [-0.15, -0.1) is 0 Å². The van der Waals surface area contributed by atoms with Crippen molar-refractivity contribution in [3.8, 4) is 0 Å². The number of carbonyl (C=O) groups excluding carboxylic acids is 2. The van der Waals surface area contributed by atoms with Crippen LogP contribution in [0.25, 0.3) is 5.65 Å². The fraction of sp³-hybridized carbons (Fsp3) is 0.438. The van der Waals surface area contributed by atoms with Crippen LogP contribution in [0.5, 0.6) is 0 Å². The molecule has 0 spiro atoms. The van der Waals surface area contributed by atoms with Crippen LogP contribution in [0.4, 0.5) is 0 Å². The van der Waals surface area contributed by atoms with Crippen LogP contribution in [0.2, 0.25) is 0 Å². The van der Waals surface area contributed by atoms with Crippen molar-refractivity contribution in [2.24, 2.45) is 0 Å². The highest BCUT2D eigenvalue weighted by Gasteiger charge is 2.31. The van der Waals surface area contributed by atoms with E-state index < -0.39 is 0 Å². The molecule has 110 valence electrons. The number of piperidine rings is 1. The normalized spacial score (nSPS) is 18.9. The zero-order chi connectivity index (χ0) is 14.8. The van der Waals surface area contributed by atoms with Crippen LogP contribution >= 0.6 is 0 Å². The lowest BCUT2D eigenvalue weighted by atomic mass is 9.96. The first-order chi connectivity index (χ1) is 10.2. The maximum Gasteiger partial charge on any atom is 0.254 e. The molecule has 5 heteroatoms. The summed E-state index contributed by atoms with van der Waals surface area (Å²) in [4.78, 5) is 30.7. The third kappa shape index (κ3) is 2.55. The molecule has 1 aliphatic rings. The average molecular weight is 285 g/mol. The van der Waals surface area contributed by atoms with E-state index in [-0.39, 0.29) is 17.7 Å². The van der Waals surface area contributed by atoms with Crippen molar-refractivity contribution in [2.45, 2.75) is 38.6 Å². The van der Waals surface area contributed by atoms with Crippen molar-refractivity contribution in [3.05, 3.63) is 36.3 Å². The molecule has 5 nitrogen and oxygen atoms in total. The molecule has 1 unspecified atom stereocenters. The minimum absolute atomic E-state index is 0.0630. The number of Topliss-reactive ketones (excluding diaryl/α,β-unsaturated/α-hetero) is 1. The van der Waals surface area contributed by atoms with E-state index in [4.69, 9.17) is 0 Å². The van der Waals surface area contributed by atoms with E-state index in [1.165, 1.54) is 0 Å².